The summed E-state index contributed by atoms with van der Waals surface area (Å²) in [5.41, 5.74) is 6.75. The summed E-state index contributed by atoms with van der Waals surface area (Å²) in [6.45, 7) is 2.81. The standard InChI is InChI=1S/C14H20ClNO/c1-10-8-13(6-7-14(10)15)17-12-4-2-11(9-16)3-5-12/h6-8,11-12H,2-5,9,16H2,1H3. The van der Waals surface area contributed by atoms with Crippen molar-refractivity contribution in [2.75, 3.05) is 6.54 Å². The minimum Gasteiger partial charge on any atom is -0.490 e. The molecule has 0 atom stereocenters. The lowest BCUT2D eigenvalue weighted by Crippen LogP contribution is -2.27. The van der Waals surface area contributed by atoms with E-state index in [2.05, 4.69) is 0 Å². The van der Waals surface area contributed by atoms with Gasteiger partial charge in [-0.1, -0.05) is 11.6 Å². The third kappa shape index (κ3) is 3.36. The molecule has 94 valence electrons. The van der Waals surface area contributed by atoms with E-state index < -0.39 is 0 Å². The van der Waals surface area contributed by atoms with Gasteiger partial charge in [-0.25, -0.2) is 0 Å². The van der Waals surface area contributed by atoms with Crippen molar-refractivity contribution in [2.24, 2.45) is 11.7 Å². The number of nitrogens with two attached hydrogens (primary N) is 1. The van der Waals surface area contributed by atoms with Gasteiger partial charge in [-0.05, 0) is 68.8 Å². The van der Waals surface area contributed by atoms with Gasteiger partial charge >= 0.3 is 0 Å². The highest BCUT2D eigenvalue weighted by molar-refractivity contribution is 6.31. The molecule has 1 fully saturated rings. The molecule has 2 nitrogen and oxygen atoms in total. The average molecular weight is 254 g/mol. The Hall–Kier alpha value is -0.730. The van der Waals surface area contributed by atoms with Crippen molar-refractivity contribution in [3.8, 4) is 5.75 Å². The van der Waals surface area contributed by atoms with Crippen LogP contribution in [0.15, 0.2) is 18.2 Å². The fourth-order valence-corrected chi connectivity index (χ4v) is 2.49. The maximum Gasteiger partial charge on any atom is 0.120 e. The van der Waals surface area contributed by atoms with Crippen LogP contribution in [-0.2, 0) is 0 Å². The van der Waals surface area contributed by atoms with Gasteiger partial charge in [0, 0.05) is 5.02 Å². The van der Waals surface area contributed by atoms with E-state index in [1.54, 1.807) is 0 Å². The van der Waals surface area contributed by atoms with E-state index >= 15 is 0 Å². The smallest absolute Gasteiger partial charge is 0.120 e. The SMILES string of the molecule is Cc1cc(OC2CCC(CN)CC2)ccc1Cl. The third-order valence-corrected chi connectivity index (χ3v) is 3.98. The number of benzene rings is 1. The molecule has 1 aliphatic carbocycles. The van der Waals surface area contributed by atoms with E-state index in [-0.39, 0.29) is 0 Å². The first kappa shape index (κ1) is 12.7. The van der Waals surface area contributed by atoms with Gasteiger partial charge in [0.05, 0.1) is 6.10 Å². The summed E-state index contributed by atoms with van der Waals surface area (Å²) in [5.74, 6) is 1.63. The van der Waals surface area contributed by atoms with Crippen molar-refractivity contribution in [1.82, 2.24) is 0 Å². The molecule has 0 aromatic heterocycles. The van der Waals surface area contributed by atoms with Gasteiger partial charge in [-0.3, -0.25) is 0 Å². The molecule has 0 saturated heterocycles. The van der Waals surface area contributed by atoms with Gasteiger partial charge in [0.2, 0.25) is 0 Å². The number of rotatable bonds is 3. The van der Waals surface area contributed by atoms with Crippen LogP contribution in [0.5, 0.6) is 5.75 Å². The van der Waals surface area contributed by atoms with Crippen molar-refractivity contribution < 1.29 is 4.74 Å². The van der Waals surface area contributed by atoms with Gasteiger partial charge in [0.25, 0.3) is 0 Å². The molecule has 0 aliphatic heterocycles. The molecule has 1 saturated carbocycles. The molecule has 3 heteroatoms. The largest absolute Gasteiger partial charge is 0.490 e. The molecule has 0 unspecified atom stereocenters. The van der Waals surface area contributed by atoms with Crippen molar-refractivity contribution >= 4 is 11.6 Å². The van der Waals surface area contributed by atoms with Crippen molar-refractivity contribution in [2.45, 2.75) is 38.7 Å². The first-order chi connectivity index (χ1) is 8.19. The molecular weight excluding hydrogens is 234 g/mol. The third-order valence-electron chi connectivity index (χ3n) is 3.56. The summed E-state index contributed by atoms with van der Waals surface area (Å²) in [5, 5.41) is 0.796. The van der Waals surface area contributed by atoms with Crippen LogP contribution in [0.1, 0.15) is 31.2 Å². The van der Waals surface area contributed by atoms with Gasteiger partial charge in [0.15, 0.2) is 0 Å². The Morgan fingerprint density at radius 2 is 2.00 bits per heavy atom. The van der Waals surface area contributed by atoms with Crippen molar-refractivity contribution in [1.29, 1.82) is 0 Å². The van der Waals surface area contributed by atoms with Crippen LogP contribution in [-0.4, -0.2) is 12.6 Å². The Bertz CT molecular complexity index is 372. The van der Waals surface area contributed by atoms with Crippen molar-refractivity contribution in [3.63, 3.8) is 0 Å². The second kappa shape index (κ2) is 5.74. The molecule has 0 spiro atoms. The Balaban J connectivity index is 1.91. The van der Waals surface area contributed by atoms with E-state index in [9.17, 15) is 0 Å². The minimum absolute atomic E-state index is 0.346. The summed E-state index contributed by atoms with van der Waals surface area (Å²) >= 11 is 5.99. The maximum atomic E-state index is 5.99. The summed E-state index contributed by atoms with van der Waals surface area (Å²) in [4.78, 5) is 0. The molecule has 2 N–H and O–H groups in total. The Morgan fingerprint density at radius 1 is 1.29 bits per heavy atom. The average Bonchev–Trinajstić information content (AvgIpc) is 2.35. The van der Waals surface area contributed by atoms with Crippen LogP contribution in [0.2, 0.25) is 5.02 Å². The minimum atomic E-state index is 0.346. The summed E-state index contributed by atoms with van der Waals surface area (Å²) in [7, 11) is 0. The van der Waals surface area contributed by atoms with E-state index in [0.717, 1.165) is 35.7 Å². The fraction of sp³-hybridized carbons (Fsp3) is 0.571. The Kier molecular flexibility index (Phi) is 4.30. The summed E-state index contributed by atoms with van der Waals surface area (Å²) in [6.07, 6.45) is 4.95. The van der Waals surface area contributed by atoms with Crippen LogP contribution in [0.4, 0.5) is 0 Å². The highest BCUT2D eigenvalue weighted by Crippen LogP contribution is 2.28. The van der Waals surface area contributed by atoms with E-state index in [1.807, 2.05) is 25.1 Å². The quantitative estimate of drug-likeness (QED) is 0.894. The Morgan fingerprint density at radius 3 is 2.59 bits per heavy atom. The van der Waals surface area contributed by atoms with Crippen molar-refractivity contribution in [3.05, 3.63) is 28.8 Å². The van der Waals surface area contributed by atoms with E-state index in [4.69, 9.17) is 22.1 Å². The highest BCUT2D eigenvalue weighted by Gasteiger charge is 2.21. The summed E-state index contributed by atoms with van der Waals surface area (Å²) < 4.78 is 5.98. The van der Waals surface area contributed by atoms with Crippen LogP contribution < -0.4 is 10.5 Å². The van der Waals surface area contributed by atoms with Crippen LogP contribution in [0.3, 0.4) is 0 Å². The predicted molar refractivity (Wildman–Crippen MR) is 71.6 cm³/mol. The number of ether oxygens (including phenoxy) is 1. The molecule has 17 heavy (non-hydrogen) atoms. The molecule has 1 aromatic rings. The normalized spacial score (nSPS) is 24.6. The predicted octanol–water partition coefficient (Wildman–Crippen LogP) is 3.54. The monoisotopic (exact) mass is 253 g/mol. The number of halogens is 1. The first-order valence-electron chi connectivity index (χ1n) is 6.32. The number of hydrogen-bond donors (Lipinski definition) is 1. The molecule has 0 amide bonds. The molecule has 1 aromatic carbocycles. The maximum absolute atomic E-state index is 5.99. The molecule has 0 radical (unpaired) electrons. The second-order valence-electron chi connectivity index (χ2n) is 4.91. The zero-order valence-electron chi connectivity index (χ0n) is 10.3. The number of hydrogen-bond acceptors (Lipinski definition) is 2. The molecule has 0 bridgehead atoms. The molecular formula is C14H20ClNO. The molecule has 0 heterocycles. The lowest BCUT2D eigenvalue weighted by atomic mass is 9.87. The lowest BCUT2D eigenvalue weighted by molar-refractivity contribution is 0.133. The van der Waals surface area contributed by atoms with Gasteiger partial charge in [-0.2, -0.15) is 0 Å². The highest BCUT2D eigenvalue weighted by atomic mass is 35.5. The number of aryl methyl sites for hydroxylation is 1. The second-order valence-corrected chi connectivity index (χ2v) is 5.31. The van der Waals surface area contributed by atoms with Gasteiger partial charge < -0.3 is 10.5 Å². The zero-order valence-corrected chi connectivity index (χ0v) is 11.0. The molecule has 2 rings (SSSR count). The van der Waals surface area contributed by atoms with E-state index in [0.29, 0.717) is 12.0 Å². The van der Waals surface area contributed by atoms with Crippen LogP contribution >= 0.6 is 11.6 Å². The van der Waals surface area contributed by atoms with Gasteiger partial charge in [0.1, 0.15) is 5.75 Å². The zero-order chi connectivity index (χ0) is 12.3. The molecule has 1 aliphatic rings. The Labute approximate surface area is 108 Å². The lowest BCUT2D eigenvalue weighted by Gasteiger charge is -2.28. The first-order valence-corrected chi connectivity index (χ1v) is 6.69. The topological polar surface area (TPSA) is 35.2 Å². The van der Waals surface area contributed by atoms with Crippen LogP contribution in [0, 0.1) is 12.8 Å². The van der Waals surface area contributed by atoms with Gasteiger partial charge in [-0.15, -0.1) is 0 Å². The fourth-order valence-electron chi connectivity index (χ4n) is 2.37. The summed E-state index contributed by atoms with van der Waals surface area (Å²) in [6, 6.07) is 5.86. The van der Waals surface area contributed by atoms with E-state index in [1.165, 1.54) is 12.8 Å². The van der Waals surface area contributed by atoms with Crippen LogP contribution in [0.25, 0.3) is 0 Å².